The number of fused-ring (bicyclic) bond motifs is 1. The largest absolute Gasteiger partial charge is 0.391 e. The maximum absolute atomic E-state index is 12.5. The van der Waals surface area contributed by atoms with Crippen LogP contribution in [0.15, 0.2) is 12.1 Å². The molecule has 24 heavy (non-hydrogen) atoms. The summed E-state index contributed by atoms with van der Waals surface area (Å²) in [6, 6.07) is 3.18. The van der Waals surface area contributed by atoms with E-state index in [1.807, 2.05) is 0 Å². The zero-order valence-corrected chi connectivity index (χ0v) is 14.6. The minimum atomic E-state index is -0.482. The Morgan fingerprint density at radius 3 is 2.88 bits per heavy atom. The summed E-state index contributed by atoms with van der Waals surface area (Å²) in [5.74, 6) is 0.613. The molecule has 0 amide bonds. The average Bonchev–Trinajstić information content (AvgIpc) is 2.87. The van der Waals surface area contributed by atoms with Crippen molar-refractivity contribution in [1.82, 2.24) is 14.9 Å². The van der Waals surface area contributed by atoms with E-state index < -0.39 is 6.10 Å². The van der Waals surface area contributed by atoms with Crippen molar-refractivity contribution in [2.24, 2.45) is 5.73 Å². The number of aromatic nitrogens is 2. The van der Waals surface area contributed by atoms with Gasteiger partial charge in [-0.05, 0) is 31.5 Å². The first-order valence-electron chi connectivity index (χ1n) is 7.97. The number of halogens is 2. The highest BCUT2D eigenvalue weighted by molar-refractivity contribution is 6.42. The second-order valence-electron chi connectivity index (χ2n) is 6.09. The van der Waals surface area contributed by atoms with Gasteiger partial charge in [-0.1, -0.05) is 23.2 Å². The Balaban J connectivity index is 1.83. The third-order valence-corrected chi connectivity index (χ3v) is 5.10. The van der Waals surface area contributed by atoms with E-state index in [0.717, 1.165) is 24.9 Å². The predicted octanol–water partition coefficient (Wildman–Crippen LogP) is 1.87. The van der Waals surface area contributed by atoms with Gasteiger partial charge < -0.3 is 20.7 Å². The summed E-state index contributed by atoms with van der Waals surface area (Å²) in [7, 11) is 0. The number of rotatable bonds is 5. The summed E-state index contributed by atoms with van der Waals surface area (Å²) in [5.41, 5.74) is 7.15. The third-order valence-electron chi connectivity index (χ3n) is 4.38. The van der Waals surface area contributed by atoms with Gasteiger partial charge >= 0.3 is 0 Å². The molecule has 1 fully saturated rings. The zero-order valence-electron chi connectivity index (χ0n) is 13.1. The van der Waals surface area contributed by atoms with Crippen LogP contribution in [0.5, 0.6) is 0 Å². The first-order chi connectivity index (χ1) is 11.5. The molecule has 0 radical (unpaired) electrons. The molecular formula is C16H20Cl2N4O2. The number of carbonyl (C=O) groups excluding carboxylic acids is 1. The number of piperidine rings is 1. The summed E-state index contributed by atoms with van der Waals surface area (Å²) >= 11 is 12.1. The fraction of sp³-hybridized carbons (Fsp3) is 0.500. The number of ketones is 1. The lowest BCUT2D eigenvalue weighted by Crippen LogP contribution is -2.46. The van der Waals surface area contributed by atoms with Crippen LogP contribution in [-0.2, 0) is 17.9 Å². The second-order valence-corrected chi connectivity index (χ2v) is 6.90. The maximum atomic E-state index is 12.5. The van der Waals surface area contributed by atoms with Gasteiger partial charge in [0.25, 0.3) is 0 Å². The monoisotopic (exact) mass is 370 g/mol. The van der Waals surface area contributed by atoms with Crippen molar-refractivity contribution in [1.29, 1.82) is 0 Å². The lowest BCUT2D eigenvalue weighted by Gasteiger charge is -2.28. The van der Waals surface area contributed by atoms with Gasteiger partial charge in [-0.3, -0.25) is 4.79 Å². The number of hydrogen-bond donors (Lipinski definition) is 3. The van der Waals surface area contributed by atoms with Crippen molar-refractivity contribution in [3.8, 4) is 0 Å². The van der Waals surface area contributed by atoms with Gasteiger partial charge in [0.15, 0.2) is 5.78 Å². The number of hydrogen-bond acceptors (Lipinski definition) is 5. The molecule has 4 N–H and O–H groups in total. The van der Waals surface area contributed by atoms with Crippen LogP contribution in [0.2, 0.25) is 10.0 Å². The van der Waals surface area contributed by atoms with E-state index in [-0.39, 0.29) is 31.3 Å². The summed E-state index contributed by atoms with van der Waals surface area (Å²) in [6.07, 6.45) is 1.44. The number of aliphatic hydroxyl groups is 1. The first kappa shape index (κ1) is 17.6. The highest BCUT2D eigenvalue weighted by Crippen LogP contribution is 2.28. The molecule has 1 aliphatic heterocycles. The van der Waals surface area contributed by atoms with Crippen LogP contribution in [0.3, 0.4) is 0 Å². The smallest absolute Gasteiger partial charge is 0.154 e. The highest BCUT2D eigenvalue weighted by atomic mass is 35.5. The van der Waals surface area contributed by atoms with Gasteiger partial charge in [-0.15, -0.1) is 0 Å². The summed E-state index contributed by atoms with van der Waals surface area (Å²) in [4.78, 5) is 16.9. The van der Waals surface area contributed by atoms with E-state index in [9.17, 15) is 9.90 Å². The Bertz CT molecular complexity index is 762. The molecule has 0 bridgehead atoms. The van der Waals surface area contributed by atoms with Gasteiger partial charge in [-0.25, -0.2) is 4.98 Å². The zero-order chi connectivity index (χ0) is 17.3. The third kappa shape index (κ3) is 3.58. The normalized spacial score (nSPS) is 21.3. The molecule has 130 valence electrons. The lowest BCUT2D eigenvalue weighted by atomic mass is 9.97. The molecule has 1 aliphatic rings. The molecule has 1 aromatic heterocycles. The number of nitrogens with one attached hydrogen (secondary N) is 1. The van der Waals surface area contributed by atoms with Crippen molar-refractivity contribution >= 4 is 40.0 Å². The molecule has 0 aliphatic carbocycles. The molecule has 8 heteroatoms. The van der Waals surface area contributed by atoms with E-state index >= 15 is 0 Å². The van der Waals surface area contributed by atoms with Gasteiger partial charge in [0, 0.05) is 12.5 Å². The number of Topliss-reactive ketones (excluding diaryl/α,β-unsaturated/α-hetero) is 1. The van der Waals surface area contributed by atoms with Crippen LogP contribution in [0.25, 0.3) is 11.0 Å². The quantitative estimate of drug-likeness (QED) is 0.746. The molecule has 0 unspecified atom stereocenters. The SMILES string of the molecule is NCc1nc2cc(Cl)c(Cl)cc2n1CC(=O)C[C@H]1NCCC[C@@H]1O. The van der Waals surface area contributed by atoms with Crippen molar-refractivity contribution < 1.29 is 9.90 Å². The standard InChI is InChI=1S/C16H20Cl2N4O2/c17-10-5-12-14(6-11(10)18)22(16(7-19)21-12)8-9(23)4-13-15(24)2-1-3-20-13/h5-6,13,15,20,24H,1-4,7-8,19H2/t13-,15+/m1/s1. The fourth-order valence-electron chi connectivity index (χ4n) is 3.13. The van der Waals surface area contributed by atoms with E-state index in [0.29, 0.717) is 21.4 Å². The topological polar surface area (TPSA) is 93.2 Å². The molecule has 6 nitrogen and oxygen atoms in total. The molecule has 2 aromatic rings. The Labute approximate surface area is 149 Å². The van der Waals surface area contributed by atoms with Crippen LogP contribution in [-0.4, -0.2) is 39.1 Å². The minimum Gasteiger partial charge on any atom is -0.391 e. The predicted molar refractivity (Wildman–Crippen MR) is 94.3 cm³/mol. The molecule has 2 atom stereocenters. The Morgan fingerprint density at radius 2 is 2.17 bits per heavy atom. The van der Waals surface area contributed by atoms with Crippen LogP contribution < -0.4 is 11.1 Å². The second kappa shape index (κ2) is 7.37. The molecule has 1 aromatic carbocycles. The molecular weight excluding hydrogens is 351 g/mol. The number of benzene rings is 1. The Hall–Kier alpha value is -1.18. The maximum Gasteiger partial charge on any atom is 0.154 e. The number of nitrogens with two attached hydrogens (primary N) is 1. The van der Waals surface area contributed by atoms with Crippen molar-refractivity contribution in [2.45, 2.75) is 44.5 Å². The van der Waals surface area contributed by atoms with E-state index in [2.05, 4.69) is 10.3 Å². The van der Waals surface area contributed by atoms with Gasteiger partial charge in [-0.2, -0.15) is 0 Å². The summed E-state index contributed by atoms with van der Waals surface area (Å²) in [5, 5.41) is 14.0. The lowest BCUT2D eigenvalue weighted by molar-refractivity contribution is -0.121. The van der Waals surface area contributed by atoms with Gasteiger partial charge in [0.1, 0.15) is 5.82 Å². The number of imidazole rings is 1. The number of carbonyl (C=O) groups is 1. The fourth-order valence-corrected chi connectivity index (χ4v) is 3.45. The molecule has 1 saturated heterocycles. The first-order valence-corrected chi connectivity index (χ1v) is 8.72. The number of aliphatic hydroxyl groups excluding tert-OH is 1. The van der Waals surface area contributed by atoms with Crippen molar-refractivity contribution in [3.63, 3.8) is 0 Å². The van der Waals surface area contributed by atoms with E-state index in [1.54, 1.807) is 16.7 Å². The number of nitrogens with zero attached hydrogens (tertiary/aromatic N) is 2. The van der Waals surface area contributed by atoms with Crippen LogP contribution in [0.4, 0.5) is 0 Å². The van der Waals surface area contributed by atoms with Crippen molar-refractivity contribution in [2.75, 3.05) is 6.54 Å². The van der Waals surface area contributed by atoms with Crippen molar-refractivity contribution in [3.05, 3.63) is 28.0 Å². The summed E-state index contributed by atoms with van der Waals surface area (Å²) in [6.45, 7) is 1.18. The average molecular weight is 371 g/mol. The molecule has 3 rings (SSSR count). The molecule has 0 saturated carbocycles. The van der Waals surface area contributed by atoms with Crippen LogP contribution in [0, 0.1) is 0 Å². The van der Waals surface area contributed by atoms with E-state index in [4.69, 9.17) is 28.9 Å². The van der Waals surface area contributed by atoms with Gasteiger partial charge in [0.2, 0.25) is 0 Å². The van der Waals surface area contributed by atoms with E-state index in [1.165, 1.54) is 0 Å². The molecule has 2 heterocycles. The van der Waals surface area contributed by atoms with Gasteiger partial charge in [0.05, 0.1) is 40.3 Å². The highest BCUT2D eigenvalue weighted by Gasteiger charge is 2.25. The van der Waals surface area contributed by atoms with Crippen LogP contribution in [0.1, 0.15) is 25.1 Å². The van der Waals surface area contributed by atoms with Crippen LogP contribution >= 0.6 is 23.2 Å². The Kier molecular flexibility index (Phi) is 5.42. The minimum absolute atomic E-state index is 0.00789. The summed E-state index contributed by atoms with van der Waals surface area (Å²) < 4.78 is 1.77. The molecule has 0 spiro atoms. The Morgan fingerprint density at radius 1 is 1.42 bits per heavy atom.